The molecule has 3 nitrogen and oxygen atoms in total. The highest BCUT2D eigenvalue weighted by Crippen LogP contribution is 2.35. The lowest BCUT2D eigenvalue weighted by Crippen LogP contribution is -2.31. The number of hydrogen-bond acceptors (Lipinski definition) is 3. The fraction of sp³-hybridized carbons (Fsp3) is 0.538. The molecule has 1 aliphatic rings. The molecule has 0 radical (unpaired) electrons. The standard InChI is InChI=1S/C13H17ClN2OS/c14-11-7-9(5-6-16-11)8-18-12(13(15)17)10-3-1-2-4-10/h5-7,10,12H,1-4,8H2,(H2,15,17). The van der Waals surface area contributed by atoms with Crippen LogP contribution in [-0.2, 0) is 10.5 Å². The normalized spacial score (nSPS) is 17.8. The van der Waals surface area contributed by atoms with Gasteiger partial charge in [0.05, 0.1) is 5.25 Å². The SMILES string of the molecule is NC(=O)C(SCc1ccnc(Cl)c1)C1CCCC1. The molecule has 2 N–H and O–H groups in total. The van der Waals surface area contributed by atoms with Gasteiger partial charge in [-0.05, 0) is 36.5 Å². The van der Waals surface area contributed by atoms with E-state index < -0.39 is 0 Å². The van der Waals surface area contributed by atoms with Crippen LogP contribution in [0.5, 0.6) is 0 Å². The van der Waals surface area contributed by atoms with Crippen LogP contribution < -0.4 is 5.73 Å². The van der Waals surface area contributed by atoms with Crippen molar-refractivity contribution in [3.63, 3.8) is 0 Å². The molecule has 0 bridgehead atoms. The van der Waals surface area contributed by atoms with Gasteiger partial charge in [-0.2, -0.15) is 0 Å². The van der Waals surface area contributed by atoms with Crippen molar-refractivity contribution in [1.29, 1.82) is 0 Å². The van der Waals surface area contributed by atoms with E-state index in [0.717, 1.165) is 24.2 Å². The summed E-state index contributed by atoms with van der Waals surface area (Å²) in [5, 5.41) is 0.420. The fourth-order valence-electron chi connectivity index (χ4n) is 2.43. The topological polar surface area (TPSA) is 56.0 Å². The number of thioether (sulfide) groups is 1. The van der Waals surface area contributed by atoms with E-state index in [2.05, 4.69) is 4.98 Å². The van der Waals surface area contributed by atoms with Crippen molar-refractivity contribution >= 4 is 29.3 Å². The molecule has 18 heavy (non-hydrogen) atoms. The Bertz CT molecular complexity index is 421. The summed E-state index contributed by atoms with van der Waals surface area (Å²) < 4.78 is 0. The molecule has 0 saturated heterocycles. The molecule has 1 aliphatic carbocycles. The van der Waals surface area contributed by atoms with Crippen LogP contribution in [0.1, 0.15) is 31.2 Å². The molecular formula is C13H17ClN2OS. The number of carbonyl (C=O) groups is 1. The molecule has 1 fully saturated rings. The average molecular weight is 285 g/mol. The zero-order chi connectivity index (χ0) is 13.0. The third kappa shape index (κ3) is 3.62. The lowest BCUT2D eigenvalue weighted by molar-refractivity contribution is -0.118. The predicted octanol–water partition coefficient (Wildman–Crippen LogP) is 3.01. The average Bonchev–Trinajstić information content (AvgIpc) is 2.82. The van der Waals surface area contributed by atoms with Gasteiger partial charge in [0.1, 0.15) is 5.15 Å². The minimum Gasteiger partial charge on any atom is -0.369 e. The molecule has 1 heterocycles. The summed E-state index contributed by atoms with van der Waals surface area (Å²) >= 11 is 7.47. The monoisotopic (exact) mass is 284 g/mol. The van der Waals surface area contributed by atoms with Crippen molar-refractivity contribution in [2.45, 2.75) is 36.7 Å². The molecule has 1 unspecified atom stereocenters. The maximum absolute atomic E-state index is 11.5. The molecule has 1 saturated carbocycles. The summed E-state index contributed by atoms with van der Waals surface area (Å²) in [5.74, 6) is 1.02. The fourth-order valence-corrected chi connectivity index (χ4v) is 3.89. The highest BCUT2D eigenvalue weighted by molar-refractivity contribution is 7.99. The molecule has 1 aromatic rings. The van der Waals surface area contributed by atoms with Crippen molar-refractivity contribution in [2.75, 3.05) is 0 Å². The summed E-state index contributed by atoms with van der Waals surface area (Å²) in [6.45, 7) is 0. The number of halogens is 1. The first-order chi connectivity index (χ1) is 8.66. The Hall–Kier alpha value is -0.740. The Morgan fingerprint density at radius 3 is 2.89 bits per heavy atom. The van der Waals surface area contributed by atoms with Crippen LogP contribution in [-0.4, -0.2) is 16.1 Å². The Balaban J connectivity index is 1.95. The predicted molar refractivity (Wildman–Crippen MR) is 75.5 cm³/mol. The number of nitrogens with two attached hydrogens (primary N) is 1. The second kappa shape index (κ2) is 6.43. The largest absolute Gasteiger partial charge is 0.369 e. The molecule has 0 aliphatic heterocycles. The van der Waals surface area contributed by atoms with Gasteiger partial charge in [0.15, 0.2) is 0 Å². The van der Waals surface area contributed by atoms with Crippen LogP contribution in [0.15, 0.2) is 18.3 Å². The van der Waals surface area contributed by atoms with E-state index in [4.69, 9.17) is 17.3 Å². The van der Waals surface area contributed by atoms with E-state index in [1.165, 1.54) is 12.8 Å². The second-order valence-corrected chi connectivity index (χ2v) is 6.18. The summed E-state index contributed by atoms with van der Waals surface area (Å²) in [6, 6.07) is 3.76. The first kappa shape index (κ1) is 13.7. The molecule has 98 valence electrons. The van der Waals surface area contributed by atoms with Gasteiger partial charge >= 0.3 is 0 Å². The number of primary amides is 1. The molecule has 2 rings (SSSR count). The minimum absolute atomic E-state index is 0.0700. The van der Waals surface area contributed by atoms with Crippen molar-refractivity contribution < 1.29 is 4.79 Å². The lowest BCUT2D eigenvalue weighted by atomic mass is 10.0. The molecule has 1 atom stereocenters. The second-order valence-electron chi connectivity index (χ2n) is 4.67. The van der Waals surface area contributed by atoms with Gasteiger partial charge < -0.3 is 5.73 Å². The third-order valence-electron chi connectivity index (χ3n) is 3.33. The van der Waals surface area contributed by atoms with E-state index in [0.29, 0.717) is 11.1 Å². The van der Waals surface area contributed by atoms with Crippen LogP contribution in [0, 0.1) is 5.92 Å². The van der Waals surface area contributed by atoms with Crippen LogP contribution in [0.3, 0.4) is 0 Å². The number of nitrogens with zero attached hydrogens (tertiary/aromatic N) is 1. The Labute approximate surface area is 116 Å². The molecule has 1 amide bonds. The Kier molecular flexibility index (Phi) is 4.89. The van der Waals surface area contributed by atoms with Crippen LogP contribution in [0.2, 0.25) is 5.15 Å². The number of amides is 1. The molecular weight excluding hydrogens is 268 g/mol. The highest BCUT2D eigenvalue weighted by atomic mass is 35.5. The first-order valence-electron chi connectivity index (χ1n) is 6.18. The Morgan fingerprint density at radius 2 is 2.28 bits per heavy atom. The first-order valence-corrected chi connectivity index (χ1v) is 7.61. The van der Waals surface area contributed by atoms with E-state index in [-0.39, 0.29) is 11.2 Å². The van der Waals surface area contributed by atoms with E-state index in [1.54, 1.807) is 18.0 Å². The summed E-state index contributed by atoms with van der Waals surface area (Å²) in [6.07, 6.45) is 6.37. The zero-order valence-electron chi connectivity index (χ0n) is 10.1. The number of pyridine rings is 1. The number of rotatable bonds is 5. The van der Waals surface area contributed by atoms with Crippen molar-refractivity contribution in [3.05, 3.63) is 29.0 Å². The zero-order valence-corrected chi connectivity index (χ0v) is 11.7. The van der Waals surface area contributed by atoms with Gasteiger partial charge in [0, 0.05) is 11.9 Å². The maximum Gasteiger partial charge on any atom is 0.230 e. The minimum atomic E-state index is -0.188. The van der Waals surface area contributed by atoms with Gasteiger partial charge in [-0.3, -0.25) is 4.79 Å². The van der Waals surface area contributed by atoms with E-state index >= 15 is 0 Å². The van der Waals surface area contributed by atoms with E-state index in [9.17, 15) is 4.79 Å². The third-order valence-corrected chi connectivity index (χ3v) is 5.01. The van der Waals surface area contributed by atoms with Gasteiger partial charge in [-0.1, -0.05) is 24.4 Å². The summed E-state index contributed by atoms with van der Waals surface area (Å²) in [7, 11) is 0. The van der Waals surface area contributed by atoms with Crippen molar-refractivity contribution in [1.82, 2.24) is 4.98 Å². The van der Waals surface area contributed by atoms with Crippen LogP contribution in [0.25, 0.3) is 0 Å². The smallest absolute Gasteiger partial charge is 0.230 e. The van der Waals surface area contributed by atoms with Gasteiger partial charge in [-0.15, -0.1) is 11.8 Å². The van der Waals surface area contributed by atoms with Crippen LogP contribution in [0.4, 0.5) is 0 Å². The number of hydrogen-bond donors (Lipinski definition) is 1. The van der Waals surface area contributed by atoms with Crippen molar-refractivity contribution in [2.24, 2.45) is 11.7 Å². The molecule has 5 heteroatoms. The maximum atomic E-state index is 11.5. The summed E-state index contributed by atoms with van der Waals surface area (Å²) in [4.78, 5) is 15.5. The molecule has 1 aromatic heterocycles. The van der Waals surface area contributed by atoms with Crippen LogP contribution >= 0.6 is 23.4 Å². The number of carbonyl (C=O) groups excluding carboxylic acids is 1. The van der Waals surface area contributed by atoms with Gasteiger partial charge in [0.25, 0.3) is 0 Å². The Morgan fingerprint density at radius 1 is 1.56 bits per heavy atom. The molecule has 0 spiro atoms. The van der Waals surface area contributed by atoms with E-state index in [1.807, 2.05) is 12.1 Å². The van der Waals surface area contributed by atoms with Crippen molar-refractivity contribution in [3.8, 4) is 0 Å². The lowest BCUT2D eigenvalue weighted by Gasteiger charge is -2.19. The van der Waals surface area contributed by atoms with Gasteiger partial charge in [-0.25, -0.2) is 4.98 Å². The quantitative estimate of drug-likeness (QED) is 0.846. The highest BCUT2D eigenvalue weighted by Gasteiger charge is 2.29. The summed E-state index contributed by atoms with van der Waals surface area (Å²) in [5.41, 5.74) is 6.60. The molecule has 0 aromatic carbocycles. The van der Waals surface area contributed by atoms with Gasteiger partial charge in [0.2, 0.25) is 5.91 Å². The number of aromatic nitrogens is 1.